The van der Waals surface area contributed by atoms with Crippen molar-refractivity contribution in [2.45, 2.75) is 38.3 Å². The zero-order valence-electron chi connectivity index (χ0n) is 17.7. The molecule has 1 aromatic carbocycles. The maximum atomic E-state index is 14.2. The molecular formula is C22H23FN6O2S. The van der Waals surface area contributed by atoms with Gasteiger partial charge in [0.15, 0.2) is 6.10 Å². The minimum atomic E-state index is -1.09. The molecule has 4 rings (SSSR count). The molecule has 2 atom stereocenters. The van der Waals surface area contributed by atoms with E-state index in [1.54, 1.807) is 18.3 Å². The number of hydrogen-bond acceptors (Lipinski definition) is 8. The normalized spacial score (nSPS) is 16.8. The van der Waals surface area contributed by atoms with Gasteiger partial charge >= 0.3 is 0 Å². The van der Waals surface area contributed by atoms with E-state index in [4.69, 9.17) is 4.74 Å². The van der Waals surface area contributed by atoms with E-state index in [9.17, 15) is 9.18 Å². The highest BCUT2D eigenvalue weighted by molar-refractivity contribution is 7.19. The first-order valence-corrected chi connectivity index (χ1v) is 11.0. The van der Waals surface area contributed by atoms with Gasteiger partial charge in [-0.2, -0.15) is 10.2 Å². The topological polar surface area (TPSA) is 102 Å². The quantitative estimate of drug-likeness (QED) is 0.553. The number of rotatable bonds is 7. The molecule has 0 saturated carbocycles. The minimum absolute atomic E-state index is 0.181. The zero-order valence-corrected chi connectivity index (χ0v) is 18.5. The van der Waals surface area contributed by atoms with Crippen molar-refractivity contribution in [2.75, 3.05) is 17.7 Å². The Morgan fingerprint density at radius 3 is 2.81 bits per heavy atom. The van der Waals surface area contributed by atoms with Crippen LogP contribution in [0.3, 0.4) is 0 Å². The van der Waals surface area contributed by atoms with Crippen molar-refractivity contribution in [1.29, 1.82) is 0 Å². The number of carbonyl (C=O) groups excluding carboxylic acids is 1. The fraction of sp³-hybridized carbons (Fsp3) is 0.318. The molecule has 0 fully saturated rings. The van der Waals surface area contributed by atoms with Crippen LogP contribution in [0.2, 0.25) is 0 Å². The Bertz CT molecular complexity index is 1120. The van der Waals surface area contributed by atoms with Gasteiger partial charge in [-0.05, 0) is 50.0 Å². The standard InChI is InChI=1S/C22H23FN6O2S/c1-13-5-10-17(23)16(12-13)19(31-2)20(30)26-22-29-28-21(32-22)25-15-8-6-14(7-9-15)18-4-3-11-24-27-18/h3-6,10-12,15,19H,7-9H2,1-2H3,(H,25,28)(H,26,29,30)/t15-,19+/m0/s1. The van der Waals surface area contributed by atoms with E-state index in [2.05, 4.69) is 37.1 Å². The van der Waals surface area contributed by atoms with Gasteiger partial charge in [-0.25, -0.2) is 4.39 Å². The molecule has 1 aliphatic rings. The smallest absolute Gasteiger partial charge is 0.260 e. The second-order valence-electron chi connectivity index (χ2n) is 7.50. The number of carbonyl (C=O) groups is 1. The maximum absolute atomic E-state index is 14.2. The summed E-state index contributed by atoms with van der Waals surface area (Å²) < 4.78 is 19.5. The number of amides is 1. The molecule has 1 aliphatic carbocycles. The van der Waals surface area contributed by atoms with Gasteiger partial charge in [-0.15, -0.1) is 10.2 Å². The molecule has 2 aromatic heterocycles. The van der Waals surface area contributed by atoms with Gasteiger partial charge in [0.2, 0.25) is 10.3 Å². The van der Waals surface area contributed by atoms with E-state index in [0.717, 1.165) is 30.5 Å². The van der Waals surface area contributed by atoms with Gasteiger partial charge in [0.05, 0.1) is 5.69 Å². The van der Waals surface area contributed by atoms with Gasteiger partial charge in [0, 0.05) is 24.9 Å². The fourth-order valence-corrected chi connectivity index (χ4v) is 4.31. The fourth-order valence-electron chi connectivity index (χ4n) is 3.59. The number of benzene rings is 1. The molecule has 2 N–H and O–H groups in total. The van der Waals surface area contributed by atoms with Gasteiger partial charge in [-0.3, -0.25) is 10.1 Å². The third-order valence-corrected chi connectivity index (χ3v) is 5.97. The summed E-state index contributed by atoms with van der Waals surface area (Å²) in [5, 5.41) is 23.2. The summed E-state index contributed by atoms with van der Waals surface area (Å²) in [6, 6.07) is 8.62. The van der Waals surface area contributed by atoms with Crippen LogP contribution in [0.1, 0.15) is 42.2 Å². The molecule has 166 valence electrons. The third kappa shape index (κ3) is 5.14. The van der Waals surface area contributed by atoms with E-state index < -0.39 is 17.8 Å². The van der Waals surface area contributed by atoms with Crippen LogP contribution in [0, 0.1) is 12.7 Å². The second kappa shape index (κ2) is 9.92. The third-order valence-electron chi connectivity index (χ3n) is 5.20. The molecule has 0 radical (unpaired) electrons. The number of anilines is 2. The summed E-state index contributed by atoms with van der Waals surface area (Å²) in [6.07, 6.45) is 5.37. The van der Waals surface area contributed by atoms with Crippen molar-refractivity contribution < 1.29 is 13.9 Å². The van der Waals surface area contributed by atoms with Crippen molar-refractivity contribution in [2.24, 2.45) is 0 Å². The zero-order chi connectivity index (χ0) is 22.5. The van der Waals surface area contributed by atoms with Crippen LogP contribution >= 0.6 is 11.3 Å². The number of ether oxygens (including phenoxy) is 1. The Balaban J connectivity index is 1.36. The van der Waals surface area contributed by atoms with Gasteiger partial charge in [-0.1, -0.05) is 35.1 Å². The molecule has 0 spiro atoms. The lowest BCUT2D eigenvalue weighted by Gasteiger charge is -2.22. The Labute approximate surface area is 188 Å². The van der Waals surface area contributed by atoms with E-state index in [1.807, 2.05) is 19.1 Å². The first kappa shape index (κ1) is 22.0. The summed E-state index contributed by atoms with van der Waals surface area (Å²) in [6.45, 7) is 1.83. The van der Waals surface area contributed by atoms with E-state index in [1.165, 1.54) is 30.1 Å². The van der Waals surface area contributed by atoms with Gasteiger partial charge < -0.3 is 10.1 Å². The second-order valence-corrected chi connectivity index (χ2v) is 8.47. The van der Waals surface area contributed by atoms with Crippen LogP contribution < -0.4 is 10.6 Å². The average molecular weight is 455 g/mol. The summed E-state index contributed by atoms with van der Waals surface area (Å²) >= 11 is 1.22. The maximum Gasteiger partial charge on any atom is 0.260 e. The Morgan fingerprint density at radius 2 is 2.09 bits per heavy atom. The predicted molar refractivity (Wildman–Crippen MR) is 121 cm³/mol. The Hall–Kier alpha value is -3.24. The van der Waals surface area contributed by atoms with Crippen LogP contribution in [0.5, 0.6) is 0 Å². The summed E-state index contributed by atoms with van der Waals surface area (Å²) in [5.74, 6) is -1.00. The van der Waals surface area contributed by atoms with Crippen molar-refractivity contribution >= 4 is 33.1 Å². The highest BCUT2D eigenvalue weighted by Gasteiger charge is 2.25. The number of hydrogen-bond donors (Lipinski definition) is 2. The van der Waals surface area contributed by atoms with Crippen molar-refractivity contribution in [3.8, 4) is 0 Å². The molecule has 0 aliphatic heterocycles. The number of nitrogens with zero attached hydrogens (tertiary/aromatic N) is 4. The van der Waals surface area contributed by atoms with Crippen LogP contribution in [-0.4, -0.2) is 39.5 Å². The van der Waals surface area contributed by atoms with E-state index in [0.29, 0.717) is 10.3 Å². The number of methoxy groups -OCH3 is 1. The SMILES string of the molecule is CO[C@@H](C(=O)Nc1nnc(N[C@H]2CC=C(c3cccnn3)CC2)s1)c1cc(C)ccc1F. The average Bonchev–Trinajstić information content (AvgIpc) is 3.24. The Kier molecular flexibility index (Phi) is 6.81. The molecule has 1 amide bonds. The number of halogens is 1. The largest absolute Gasteiger partial charge is 0.367 e. The molecule has 3 aromatic rings. The molecule has 8 nitrogen and oxygen atoms in total. The van der Waals surface area contributed by atoms with Gasteiger partial charge in [0.25, 0.3) is 5.91 Å². The lowest BCUT2D eigenvalue weighted by molar-refractivity contribution is -0.126. The highest BCUT2D eigenvalue weighted by atomic mass is 32.1. The van der Waals surface area contributed by atoms with Crippen LogP contribution in [-0.2, 0) is 9.53 Å². The number of nitrogens with one attached hydrogen (secondary N) is 2. The first-order chi connectivity index (χ1) is 15.5. The van der Waals surface area contributed by atoms with Crippen molar-refractivity contribution in [3.63, 3.8) is 0 Å². The van der Waals surface area contributed by atoms with Crippen LogP contribution in [0.15, 0.2) is 42.6 Å². The summed E-state index contributed by atoms with van der Waals surface area (Å²) in [5.41, 5.74) is 3.11. The van der Waals surface area contributed by atoms with E-state index in [-0.39, 0.29) is 11.6 Å². The molecule has 32 heavy (non-hydrogen) atoms. The Morgan fingerprint density at radius 1 is 1.25 bits per heavy atom. The molecular weight excluding hydrogens is 431 g/mol. The minimum Gasteiger partial charge on any atom is -0.367 e. The van der Waals surface area contributed by atoms with Crippen LogP contribution in [0.25, 0.3) is 5.57 Å². The molecule has 0 saturated heterocycles. The summed E-state index contributed by atoms with van der Waals surface area (Å²) in [7, 11) is 1.37. The molecule has 10 heteroatoms. The number of aryl methyl sites for hydroxylation is 1. The highest BCUT2D eigenvalue weighted by Crippen LogP contribution is 2.30. The lowest BCUT2D eigenvalue weighted by atomic mass is 9.93. The molecule has 0 unspecified atom stereocenters. The molecule has 0 bridgehead atoms. The lowest BCUT2D eigenvalue weighted by Crippen LogP contribution is -2.23. The van der Waals surface area contributed by atoms with Gasteiger partial charge in [0.1, 0.15) is 5.82 Å². The molecule has 2 heterocycles. The van der Waals surface area contributed by atoms with Crippen molar-refractivity contribution in [1.82, 2.24) is 20.4 Å². The first-order valence-electron chi connectivity index (χ1n) is 10.2. The van der Waals surface area contributed by atoms with Crippen molar-refractivity contribution in [3.05, 3.63) is 65.2 Å². The van der Waals surface area contributed by atoms with Crippen LogP contribution in [0.4, 0.5) is 14.7 Å². The summed E-state index contributed by atoms with van der Waals surface area (Å²) in [4.78, 5) is 12.7. The number of aromatic nitrogens is 4. The number of allylic oxidation sites excluding steroid dienone is 1. The van der Waals surface area contributed by atoms with E-state index >= 15 is 0 Å². The predicted octanol–water partition coefficient (Wildman–Crippen LogP) is 4.15. The monoisotopic (exact) mass is 454 g/mol.